The number of β-amino-alcohol motifs (C(OH)–C–C–N with tert-alkyl or cyclic N) is 4. The second-order valence-corrected chi connectivity index (χ2v) is 37.9. The summed E-state index contributed by atoms with van der Waals surface area (Å²) in [5, 5.41) is 74.9. The highest BCUT2D eigenvalue weighted by Gasteiger charge is 2.31. The first kappa shape index (κ1) is 92.6. The second kappa shape index (κ2) is 42.9. The monoisotopic (exact) mass is 1890 g/mol. The van der Waals surface area contributed by atoms with Crippen molar-refractivity contribution in [2.75, 3.05) is 118 Å². The lowest BCUT2D eigenvalue weighted by Gasteiger charge is -2.33. The largest absolute Gasteiger partial charge is 0.493 e. The smallest absolute Gasteiger partial charge is 0.283 e. The van der Waals surface area contributed by atoms with E-state index in [4.69, 9.17) is 63.9 Å². The number of piperidine rings is 4. The van der Waals surface area contributed by atoms with Gasteiger partial charge in [-0.1, -0.05) is 90.1 Å². The van der Waals surface area contributed by atoms with Crippen molar-refractivity contribution in [1.82, 2.24) is 60.3 Å². The van der Waals surface area contributed by atoms with E-state index in [1.165, 1.54) is 33.4 Å². The molecule has 9 aromatic heterocycles. The molecule has 6 aliphatic rings. The van der Waals surface area contributed by atoms with Gasteiger partial charge in [-0.15, -0.1) is 41.9 Å². The van der Waals surface area contributed by atoms with E-state index in [9.17, 15) is 20.4 Å². The number of aromatic nitrogens is 8. The molecule has 4 saturated heterocycles. The Morgan fingerprint density at radius 1 is 0.384 bits per heavy atom. The van der Waals surface area contributed by atoms with Gasteiger partial charge in [0.25, 0.3) is 17.7 Å². The Balaban J connectivity index is 0.000000113. The number of ether oxygens (including phenoxy) is 6. The first-order chi connectivity index (χ1) is 67.5. The molecule has 4 fully saturated rings. The molecule has 716 valence electrons. The van der Waals surface area contributed by atoms with Gasteiger partial charge in [0.1, 0.15) is 108 Å². The number of furan rings is 4. The van der Waals surface area contributed by atoms with Gasteiger partial charge in [0.2, 0.25) is 29.4 Å². The third kappa shape index (κ3) is 22.7. The van der Waals surface area contributed by atoms with Crippen molar-refractivity contribution >= 4 is 65.3 Å². The SMILES string of the molecule is Cc1nc(-c2cc3c(OC[C@@H](O)CN4CCC(c5ccc6c(c5)CCO6)CC4)cccc3o2)no1.Cc1nnc(-c2cc3c(OC[C@@H](O)CN4CCC(Cc5ccccc5)CC4)cccc3o2)o1.Cc1nnc(-c2cc3c(OC[C@@H](O)CN4CCC(c5ccc6c(c5)CCO6)CC4)cccc3s2)o1.Cc1nnc(-c2cc3c(OC[C@@H](O)CN4CCC(c5ccc6occc6c5)CC4)cccc3o2)o1. The van der Waals surface area contributed by atoms with Crippen LogP contribution in [0.2, 0.25) is 0 Å². The number of hydrogen-bond donors (Lipinski definition) is 4. The molecule has 15 heterocycles. The molecular weight excluding hydrogens is 1770 g/mol. The van der Waals surface area contributed by atoms with E-state index in [1.54, 1.807) is 45.3 Å². The average Bonchev–Trinajstić information content (AvgIpc) is 1.66. The van der Waals surface area contributed by atoms with Crippen LogP contribution in [0.5, 0.6) is 34.5 Å². The minimum Gasteiger partial charge on any atom is -0.493 e. The lowest BCUT2D eigenvalue weighted by molar-refractivity contribution is 0.0555. The van der Waals surface area contributed by atoms with Gasteiger partial charge in [-0.05, 0) is 258 Å². The molecule has 0 bridgehead atoms. The number of thiophene rings is 1. The molecule has 4 N–H and O–H groups in total. The van der Waals surface area contributed by atoms with Crippen LogP contribution in [-0.2, 0) is 19.3 Å². The van der Waals surface area contributed by atoms with Gasteiger partial charge in [0, 0.05) is 94.3 Å². The summed E-state index contributed by atoms with van der Waals surface area (Å²) in [6, 6.07) is 62.9. The zero-order chi connectivity index (χ0) is 94.0. The van der Waals surface area contributed by atoms with Crippen molar-refractivity contribution in [3.8, 4) is 80.2 Å². The topological polar surface area (TPSA) is 357 Å². The van der Waals surface area contributed by atoms with E-state index >= 15 is 0 Å². The summed E-state index contributed by atoms with van der Waals surface area (Å²) in [4.78, 5) is 14.5. The average molecular weight is 1890 g/mol. The van der Waals surface area contributed by atoms with Crippen molar-refractivity contribution in [3.63, 3.8) is 0 Å². The standard InChI is InChI=1S/C27H27N3O5.C27H29N3O5.C27H29N3O4S.C26H29N3O4/c1-17-28-29-27(34-17)26-14-22-24(3-2-4-25(22)35-26)33-16-21(31)15-30-10-7-18(8-11-30)19-5-6-23-20(13-19)9-12-32-23;1-17-28-27(29-35-17)26-14-22-24(3-2-4-25(22)34-26)33-16-21(31)15-30-10-7-18(8-11-30)19-5-6-23-20(13-19)9-12-32-23;1-17-28-29-27(34-17)26-14-22-24(3-2-4-25(22)35-26)33-16-21(31)15-30-10-7-18(8-11-30)19-5-6-23-20(13-19)9-12-32-23;1-18-27-28-26(32-18)25-15-22-23(8-5-9-24(22)33-25)31-17-21(30)16-29-12-10-20(11-13-29)14-19-6-3-2-4-7-19/h2-6,9,12-14,18,21,31H,7-8,10-11,15-16H2,1H3;2*2-6,13-14,18,21,31H,7-12,15-16H2,1H3;2-9,15,20-21,30H,10-14,16-17H2,1H3/t4*21-/m0000/s1. The van der Waals surface area contributed by atoms with Crippen molar-refractivity contribution in [1.29, 1.82) is 0 Å². The van der Waals surface area contributed by atoms with E-state index in [-0.39, 0.29) is 26.4 Å². The number of likely N-dealkylation sites (tertiary alicyclic amines) is 4. The van der Waals surface area contributed by atoms with Gasteiger partial charge in [-0.25, -0.2) is 0 Å². The van der Waals surface area contributed by atoms with Gasteiger partial charge < -0.3 is 104 Å². The lowest BCUT2D eigenvalue weighted by atomic mass is 9.88. The predicted octanol–water partition coefficient (Wildman–Crippen LogP) is 18.8. The van der Waals surface area contributed by atoms with Crippen LogP contribution in [0.15, 0.2) is 230 Å². The molecule has 0 radical (unpaired) electrons. The Bertz CT molecular complexity index is 6700. The summed E-state index contributed by atoms with van der Waals surface area (Å²) in [6.07, 6.45) is 11.5. The van der Waals surface area contributed by atoms with Crippen molar-refractivity contribution < 1.29 is 84.3 Å². The van der Waals surface area contributed by atoms with Crippen LogP contribution in [0.3, 0.4) is 0 Å². The van der Waals surface area contributed by atoms with Crippen LogP contribution in [0, 0.1) is 33.6 Å². The lowest BCUT2D eigenvalue weighted by Crippen LogP contribution is -2.41. The third-order valence-electron chi connectivity index (χ3n) is 26.8. The fourth-order valence-corrected chi connectivity index (χ4v) is 20.6. The van der Waals surface area contributed by atoms with Crippen molar-refractivity contribution in [3.05, 3.63) is 251 Å². The molecule has 31 heteroatoms. The predicted molar refractivity (Wildman–Crippen MR) is 521 cm³/mol. The maximum absolute atomic E-state index is 10.7. The third-order valence-corrected chi connectivity index (χ3v) is 27.9. The quantitative estimate of drug-likeness (QED) is 0.0338. The number of benzene rings is 8. The Hall–Kier alpha value is -13.1. The van der Waals surface area contributed by atoms with Crippen LogP contribution in [0.4, 0.5) is 0 Å². The highest BCUT2D eigenvalue weighted by molar-refractivity contribution is 7.22. The van der Waals surface area contributed by atoms with Crippen molar-refractivity contribution in [2.45, 2.75) is 140 Å². The van der Waals surface area contributed by atoms with Gasteiger partial charge in [0.05, 0.1) is 40.5 Å². The van der Waals surface area contributed by atoms with Gasteiger partial charge in [-0.2, -0.15) is 4.98 Å². The Morgan fingerprint density at radius 2 is 0.804 bits per heavy atom. The van der Waals surface area contributed by atoms with E-state index in [0.29, 0.717) is 148 Å². The van der Waals surface area contributed by atoms with Crippen molar-refractivity contribution in [2.24, 2.45) is 5.92 Å². The fourth-order valence-electron chi connectivity index (χ4n) is 19.6. The maximum Gasteiger partial charge on any atom is 0.283 e. The first-order valence-electron chi connectivity index (χ1n) is 48.0. The minimum absolute atomic E-state index is 0.205. The molecule has 0 saturated carbocycles. The molecule has 0 amide bonds. The Labute approximate surface area is 801 Å². The van der Waals surface area contributed by atoms with Gasteiger partial charge >= 0.3 is 0 Å². The Kier molecular flexibility index (Phi) is 28.8. The molecule has 0 unspecified atom stereocenters. The normalized spacial score (nSPS) is 16.9. The van der Waals surface area contributed by atoms with E-state index in [1.807, 2.05) is 103 Å². The fraction of sp³-hybridized carbons (Fsp3) is 0.383. The number of fused-ring (bicyclic) bond motifs is 7. The van der Waals surface area contributed by atoms with Gasteiger partial charge in [-0.3, -0.25) is 0 Å². The van der Waals surface area contributed by atoms with Gasteiger partial charge in [0.15, 0.2) is 17.3 Å². The number of hydrogen-bond acceptors (Lipinski definition) is 31. The molecule has 0 spiro atoms. The summed E-state index contributed by atoms with van der Waals surface area (Å²) < 4.78 is 81.0. The van der Waals surface area contributed by atoms with Crippen LogP contribution < -0.4 is 28.4 Å². The summed E-state index contributed by atoms with van der Waals surface area (Å²) >= 11 is 1.59. The number of aliphatic hydroxyl groups excluding tert-OH is 4. The summed E-state index contributed by atoms with van der Waals surface area (Å²) in [7, 11) is 0. The van der Waals surface area contributed by atoms with E-state index < -0.39 is 24.4 Å². The molecule has 6 aliphatic heterocycles. The summed E-state index contributed by atoms with van der Waals surface area (Å²) in [5.41, 5.74) is 11.3. The zero-order valence-corrected chi connectivity index (χ0v) is 78.7. The molecular formula is C107H114N12O18S. The molecule has 138 heavy (non-hydrogen) atoms. The summed E-state index contributed by atoms with van der Waals surface area (Å²) in [6.45, 7) is 19.8. The van der Waals surface area contributed by atoms with Crippen LogP contribution >= 0.6 is 11.3 Å². The number of rotatable bonds is 29. The zero-order valence-electron chi connectivity index (χ0n) is 77.9. The maximum atomic E-state index is 10.7. The van der Waals surface area contributed by atoms with Crippen LogP contribution in [0.1, 0.15) is 126 Å². The first-order valence-corrected chi connectivity index (χ1v) is 48.8. The highest BCUT2D eigenvalue weighted by atomic mass is 32.1. The number of aryl methyl sites for hydroxylation is 4. The number of aliphatic hydroxyl groups is 4. The molecule has 8 aromatic carbocycles. The number of nitrogens with zero attached hydrogens (tertiary/aromatic N) is 12. The highest BCUT2D eigenvalue weighted by Crippen LogP contribution is 2.43. The molecule has 0 aliphatic carbocycles. The summed E-state index contributed by atoms with van der Waals surface area (Å²) in [5.74, 6) is 12.3. The molecule has 4 atom stereocenters. The minimum atomic E-state index is -0.589. The molecule has 17 aromatic rings. The van der Waals surface area contributed by atoms with Crippen LogP contribution in [-0.4, -0.2) is 223 Å². The van der Waals surface area contributed by atoms with Crippen LogP contribution in [0.25, 0.3) is 99.6 Å². The second-order valence-electron chi connectivity index (χ2n) is 36.8. The van der Waals surface area contributed by atoms with E-state index in [2.05, 4.69) is 145 Å². The van der Waals surface area contributed by atoms with E-state index in [0.717, 1.165) is 196 Å². The molecule has 30 nitrogen and oxygen atoms in total. The molecule has 23 rings (SSSR count). The Morgan fingerprint density at radius 3 is 1.25 bits per heavy atom.